The van der Waals surface area contributed by atoms with Crippen molar-refractivity contribution in [3.63, 3.8) is 0 Å². The summed E-state index contributed by atoms with van der Waals surface area (Å²) in [7, 11) is 0. The van der Waals surface area contributed by atoms with Crippen molar-refractivity contribution in [2.75, 3.05) is 25.1 Å². The third-order valence-corrected chi connectivity index (χ3v) is 5.13. The van der Waals surface area contributed by atoms with Crippen LogP contribution < -0.4 is 15.8 Å². The van der Waals surface area contributed by atoms with E-state index in [1.807, 2.05) is 24.3 Å². The molecule has 0 bridgehead atoms. The van der Waals surface area contributed by atoms with Crippen LogP contribution in [0.3, 0.4) is 0 Å². The number of ether oxygens (including phenoxy) is 2. The highest BCUT2D eigenvalue weighted by Crippen LogP contribution is 2.27. The van der Waals surface area contributed by atoms with Gasteiger partial charge in [0.05, 0.1) is 6.61 Å². The Kier molecular flexibility index (Phi) is 8.00. The maximum atomic E-state index is 12.1. The van der Waals surface area contributed by atoms with Gasteiger partial charge in [-0.2, -0.15) is 0 Å². The van der Waals surface area contributed by atoms with Crippen molar-refractivity contribution >= 4 is 24.0 Å². The highest BCUT2D eigenvalue weighted by Gasteiger charge is 2.26. The fourth-order valence-corrected chi connectivity index (χ4v) is 3.53. The van der Waals surface area contributed by atoms with E-state index in [-0.39, 0.29) is 24.4 Å². The summed E-state index contributed by atoms with van der Waals surface area (Å²) < 4.78 is 11.2. The van der Waals surface area contributed by atoms with E-state index < -0.39 is 0 Å². The predicted octanol–water partition coefficient (Wildman–Crippen LogP) is 3.37. The second-order valence-electron chi connectivity index (χ2n) is 7.00. The topological polar surface area (TPSA) is 73.6 Å². The number of nitrogens with two attached hydrogens (primary N) is 1. The quantitative estimate of drug-likeness (QED) is 0.807. The molecule has 6 heteroatoms. The SMILES string of the molecule is Cl.N[C@@H]1CCC[C@H]1CC(=O)Nc1ccc(OCC2CCOCC2)cc1. The number of nitrogens with one attached hydrogen (secondary N) is 1. The van der Waals surface area contributed by atoms with E-state index in [0.29, 0.717) is 18.3 Å². The molecule has 140 valence electrons. The van der Waals surface area contributed by atoms with Gasteiger partial charge in [0.2, 0.25) is 5.91 Å². The van der Waals surface area contributed by atoms with Crippen LogP contribution in [0.1, 0.15) is 38.5 Å². The van der Waals surface area contributed by atoms with Gasteiger partial charge < -0.3 is 20.5 Å². The van der Waals surface area contributed by atoms with Gasteiger partial charge in [0.25, 0.3) is 0 Å². The van der Waals surface area contributed by atoms with Gasteiger partial charge in [-0.15, -0.1) is 12.4 Å². The molecule has 1 aromatic carbocycles. The van der Waals surface area contributed by atoms with Gasteiger partial charge in [-0.05, 0) is 61.8 Å². The summed E-state index contributed by atoms with van der Waals surface area (Å²) in [6.07, 6.45) is 5.89. The first-order valence-electron chi connectivity index (χ1n) is 9.07. The molecule has 1 heterocycles. The van der Waals surface area contributed by atoms with Gasteiger partial charge in [-0.1, -0.05) is 6.42 Å². The van der Waals surface area contributed by atoms with Gasteiger partial charge in [0.15, 0.2) is 0 Å². The molecule has 1 aliphatic carbocycles. The normalized spacial score (nSPS) is 23.7. The monoisotopic (exact) mass is 368 g/mol. The minimum Gasteiger partial charge on any atom is -0.493 e. The highest BCUT2D eigenvalue weighted by atomic mass is 35.5. The Labute approximate surface area is 156 Å². The fourth-order valence-electron chi connectivity index (χ4n) is 3.53. The van der Waals surface area contributed by atoms with Gasteiger partial charge in [-0.25, -0.2) is 0 Å². The Morgan fingerprint density at radius 1 is 1.16 bits per heavy atom. The zero-order valence-electron chi connectivity index (χ0n) is 14.6. The van der Waals surface area contributed by atoms with Crippen molar-refractivity contribution < 1.29 is 14.3 Å². The van der Waals surface area contributed by atoms with E-state index in [2.05, 4.69) is 5.32 Å². The lowest BCUT2D eigenvalue weighted by atomic mass is 10.00. The Bertz CT molecular complexity index is 532. The van der Waals surface area contributed by atoms with Gasteiger partial charge in [-0.3, -0.25) is 4.79 Å². The molecule has 5 nitrogen and oxygen atoms in total. The fraction of sp³-hybridized carbons (Fsp3) is 0.632. The molecule has 3 N–H and O–H groups in total. The summed E-state index contributed by atoms with van der Waals surface area (Å²) in [5.74, 6) is 1.80. The molecule has 0 aromatic heterocycles. The molecule has 1 aliphatic heterocycles. The minimum absolute atomic E-state index is 0. The van der Waals surface area contributed by atoms with Crippen molar-refractivity contribution in [2.24, 2.45) is 17.6 Å². The molecule has 2 fully saturated rings. The largest absolute Gasteiger partial charge is 0.493 e. The number of hydrogen-bond acceptors (Lipinski definition) is 4. The van der Waals surface area contributed by atoms with Gasteiger partial charge >= 0.3 is 0 Å². The van der Waals surface area contributed by atoms with E-state index >= 15 is 0 Å². The maximum absolute atomic E-state index is 12.1. The van der Waals surface area contributed by atoms with Crippen molar-refractivity contribution in [1.29, 1.82) is 0 Å². The second kappa shape index (κ2) is 10.00. The zero-order valence-corrected chi connectivity index (χ0v) is 15.4. The molecule has 1 saturated heterocycles. The average molecular weight is 369 g/mol. The van der Waals surface area contributed by atoms with Gasteiger partial charge in [0, 0.05) is 31.4 Å². The van der Waals surface area contributed by atoms with Crippen molar-refractivity contribution in [1.82, 2.24) is 0 Å². The molecule has 0 radical (unpaired) electrons. The molecule has 1 saturated carbocycles. The van der Waals surface area contributed by atoms with Crippen molar-refractivity contribution in [2.45, 2.75) is 44.6 Å². The second-order valence-corrected chi connectivity index (χ2v) is 7.00. The van der Waals surface area contributed by atoms with E-state index in [4.69, 9.17) is 15.2 Å². The Balaban J connectivity index is 0.00000225. The highest BCUT2D eigenvalue weighted by molar-refractivity contribution is 5.90. The summed E-state index contributed by atoms with van der Waals surface area (Å²) in [5.41, 5.74) is 6.84. The molecule has 1 aromatic rings. The van der Waals surface area contributed by atoms with Crippen LogP contribution in [0.25, 0.3) is 0 Å². The molecule has 0 spiro atoms. The summed E-state index contributed by atoms with van der Waals surface area (Å²) in [6, 6.07) is 7.79. The Morgan fingerprint density at radius 2 is 1.88 bits per heavy atom. The van der Waals surface area contributed by atoms with E-state index in [1.54, 1.807) is 0 Å². The number of anilines is 1. The predicted molar refractivity (Wildman–Crippen MR) is 101 cm³/mol. The van der Waals surface area contributed by atoms with Crippen LogP contribution in [0.5, 0.6) is 5.75 Å². The van der Waals surface area contributed by atoms with Crippen molar-refractivity contribution in [3.05, 3.63) is 24.3 Å². The standard InChI is InChI=1S/C19H28N2O3.ClH/c20-18-3-1-2-15(18)12-19(22)21-16-4-6-17(7-5-16)24-13-14-8-10-23-11-9-14;/h4-7,14-15,18H,1-3,8-13,20H2,(H,21,22);1H/t15-,18+;/m0./s1. The van der Waals surface area contributed by atoms with Crippen LogP contribution >= 0.6 is 12.4 Å². The molecule has 25 heavy (non-hydrogen) atoms. The third-order valence-electron chi connectivity index (χ3n) is 5.13. The number of hydrogen-bond donors (Lipinski definition) is 2. The van der Waals surface area contributed by atoms with Crippen LogP contribution in [0.15, 0.2) is 24.3 Å². The van der Waals surface area contributed by atoms with Crippen LogP contribution in [0.2, 0.25) is 0 Å². The number of halogens is 1. The summed E-state index contributed by atoms with van der Waals surface area (Å²) in [5, 5.41) is 2.96. The number of amides is 1. The minimum atomic E-state index is 0. The molecular weight excluding hydrogens is 340 g/mol. The van der Waals surface area contributed by atoms with E-state index in [1.165, 1.54) is 0 Å². The molecular formula is C19H29ClN2O3. The number of carbonyl (C=O) groups is 1. The first-order chi connectivity index (χ1) is 11.7. The lowest BCUT2D eigenvalue weighted by Crippen LogP contribution is -2.28. The smallest absolute Gasteiger partial charge is 0.224 e. The average Bonchev–Trinajstić information content (AvgIpc) is 3.00. The zero-order chi connectivity index (χ0) is 16.8. The Morgan fingerprint density at radius 3 is 2.52 bits per heavy atom. The van der Waals surface area contributed by atoms with E-state index in [0.717, 1.165) is 63.4 Å². The first kappa shape index (κ1) is 20.0. The van der Waals surface area contributed by atoms with Crippen LogP contribution in [0, 0.1) is 11.8 Å². The molecule has 3 rings (SSSR count). The van der Waals surface area contributed by atoms with Crippen molar-refractivity contribution in [3.8, 4) is 5.75 Å². The summed E-state index contributed by atoms with van der Waals surface area (Å²) in [4.78, 5) is 12.1. The summed E-state index contributed by atoms with van der Waals surface area (Å²) >= 11 is 0. The van der Waals surface area contributed by atoms with E-state index in [9.17, 15) is 4.79 Å². The van der Waals surface area contributed by atoms with Crippen LogP contribution in [-0.4, -0.2) is 31.8 Å². The van der Waals surface area contributed by atoms with Crippen LogP contribution in [0.4, 0.5) is 5.69 Å². The Hall–Kier alpha value is -1.30. The lowest BCUT2D eigenvalue weighted by Gasteiger charge is -2.22. The molecule has 2 aliphatic rings. The molecule has 2 atom stereocenters. The summed E-state index contributed by atoms with van der Waals surface area (Å²) in [6.45, 7) is 2.40. The molecule has 0 unspecified atom stereocenters. The molecule has 1 amide bonds. The lowest BCUT2D eigenvalue weighted by molar-refractivity contribution is -0.117. The first-order valence-corrected chi connectivity index (χ1v) is 9.07. The third kappa shape index (κ3) is 6.17. The number of benzene rings is 1. The van der Waals surface area contributed by atoms with Crippen LogP contribution in [-0.2, 0) is 9.53 Å². The number of rotatable bonds is 6. The number of carbonyl (C=O) groups excluding carboxylic acids is 1. The maximum Gasteiger partial charge on any atom is 0.224 e. The van der Waals surface area contributed by atoms with Gasteiger partial charge in [0.1, 0.15) is 5.75 Å².